The van der Waals surface area contributed by atoms with Gasteiger partial charge in [-0.05, 0) is 43.2 Å². The van der Waals surface area contributed by atoms with Crippen LogP contribution in [-0.4, -0.2) is 19.1 Å². The van der Waals surface area contributed by atoms with Crippen LogP contribution in [0, 0.1) is 0 Å². The van der Waals surface area contributed by atoms with Gasteiger partial charge in [-0.2, -0.15) is 0 Å². The lowest BCUT2D eigenvalue weighted by molar-refractivity contribution is -0.121. The van der Waals surface area contributed by atoms with Crippen LogP contribution < -0.4 is 15.4 Å². The van der Waals surface area contributed by atoms with E-state index in [2.05, 4.69) is 10.6 Å². The third kappa shape index (κ3) is 5.02. The van der Waals surface area contributed by atoms with Crippen LogP contribution >= 0.6 is 0 Å². The molecule has 1 atom stereocenters. The lowest BCUT2D eigenvalue weighted by Gasteiger charge is -2.20. The number of nitrogens with one attached hydrogen (secondary N) is 2. The van der Waals surface area contributed by atoms with Crippen molar-refractivity contribution in [2.24, 2.45) is 0 Å². The summed E-state index contributed by atoms with van der Waals surface area (Å²) in [5, 5.41) is 6.26. The van der Waals surface area contributed by atoms with Crippen LogP contribution in [0.3, 0.4) is 0 Å². The zero-order valence-electron chi connectivity index (χ0n) is 13.7. The van der Waals surface area contributed by atoms with Crippen LogP contribution in [0.5, 0.6) is 5.75 Å². The van der Waals surface area contributed by atoms with E-state index in [-0.39, 0.29) is 5.91 Å². The molecule has 2 aromatic carbocycles. The largest absolute Gasteiger partial charge is 0.494 e. The average molecular weight is 312 g/mol. The van der Waals surface area contributed by atoms with Crippen LogP contribution in [0.25, 0.3) is 0 Å². The number of hydrogen-bond acceptors (Lipinski definition) is 3. The van der Waals surface area contributed by atoms with Gasteiger partial charge in [0, 0.05) is 12.2 Å². The molecule has 0 aromatic heterocycles. The molecule has 0 fully saturated rings. The molecule has 0 heterocycles. The Morgan fingerprint density at radius 2 is 1.74 bits per heavy atom. The van der Waals surface area contributed by atoms with Crippen molar-refractivity contribution in [1.82, 2.24) is 5.32 Å². The molecule has 4 heteroatoms. The fourth-order valence-corrected chi connectivity index (χ4v) is 2.28. The smallest absolute Gasteiger partial charge is 0.247 e. The van der Waals surface area contributed by atoms with Crippen molar-refractivity contribution in [3.8, 4) is 5.75 Å². The number of carbonyl (C=O) groups excluding carboxylic acids is 1. The van der Waals surface area contributed by atoms with E-state index >= 15 is 0 Å². The van der Waals surface area contributed by atoms with Crippen molar-refractivity contribution in [2.75, 3.05) is 18.5 Å². The molecule has 0 aliphatic heterocycles. The van der Waals surface area contributed by atoms with Crippen LogP contribution in [0.15, 0.2) is 54.6 Å². The monoisotopic (exact) mass is 312 g/mol. The van der Waals surface area contributed by atoms with Crippen molar-refractivity contribution in [2.45, 2.75) is 26.3 Å². The lowest BCUT2D eigenvalue weighted by atomic mass is 10.1. The van der Waals surface area contributed by atoms with E-state index in [9.17, 15) is 4.79 Å². The summed E-state index contributed by atoms with van der Waals surface area (Å²) in [6, 6.07) is 17.0. The highest BCUT2D eigenvalue weighted by molar-refractivity contribution is 5.86. The molecule has 122 valence electrons. The predicted molar refractivity (Wildman–Crippen MR) is 93.7 cm³/mol. The summed E-state index contributed by atoms with van der Waals surface area (Å²) in [7, 11) is 0. The zero-order valence-corrected chi connectivity index (χ0v) is 13.7. The van der Waals surface area contributed by atoms with Crippen LogP contribution in [0.4, 0.5) is 5.69 Å². The summed E-state index contributed by atoms with van der Waals surface area (Å²) in [5.41, 5.74) is 1.82. The standard InChI is InChI=1S/C19H24N2O2/c1-3-14-20-19(22)18(15-8-6-5-7-9-15)21-16-10-12-17(13-11-16)23-4-2/h5-13,18,21H,3-4,14H2,1-2H3,(H,20,22). The number of rotatable bonds is 8. The zero-order chi connectivity index (χ0) is 16.5. The molecule has 1 unspecified atom stereocenters. The molecule has 0 spiro atoms. The average Bonchev–Trinajstić information content (AvgIpc) is 2.60. The van der Waals surface area contributed by atoms with E-state index in [4.69, 9.17) is 4.74 Å². The molecular weight excluding hydrogens is 288 g/mol. The van der Waals surface area contributed by atoms with Gasteiger partial charge in [0.1, 0.15) is 11.8 Å². The third-order valence-electron chi connectivity index (χ3n) is 3.42. The first-order valence-electron chi connectivity index (χ1n) is 8.06. The SMILES string of the molecule is CCCNC(=O)C(Nc1ccc(OCC)cc1)c1ccccc1. The van der Waals surface area contributed by atoms with Crippen molar-refractivity contribution in [3.63, 3.8) is 0 Å². The molecule has 0 saturated heterocycles. The Bertz CT molecular complexity index is 597. The molecule has 23 heavy (non-hydrogen) atoms. The predicted octanol–water partition coefficient (Wildman–Crippen LogP) is 3.76. The number of carbonyl (C=O) groups is 1. The van der Waals surface area contributed by atoms with Gasteiger partial charge >= 0.3 is 0 Å². The molecule has 1 amide bonds. The minimum atomic E-state index is -0.416. The maximum absolute atomic E-state index is 12.5. The van der Waals surface area contributed by atoms with Gasteiger partial charge in [-0.25, -0.2) is 0 Å². The molecule has 0 aliphatic rings. The molecule has 0 bridgehead atoms. The van der Waals surface area contributed by atoms with Gasteiger partial charge in [0.25, 0.3) is 0 Å². The van der Waals surface area contributed by atoms with E-state index in [1.165, 1.54) is 0 Å². The summed E-state index contributed by atoms with van der Waals surface area (Å²) in [6.07, 6.45) is 0.913. The number of ether oxygens (including phenoxy) is 1. The van der Waals surface area contributed by atoms with Gasteiger partial charge in [-0.1, -0.05) is 37.3 Å². The second-order valence-corrected chi connectivity index (χ2v) is 5.24. The molecule has 2 aromatic rings. The molecule has 4 nitrogen and oxygen atoms in total. The Balaban J connectivity index is 2.15. The van der Waals surface area contributed by atoms with E-state index in [1.807, 2.05) is 68.4 Å². The third-order valence-corrected chi connectivity index (χ3v) is 3.42. The Morgan fingerprint density at radius 3 is 2.35 bits per heavy atom. The summed E-state index contributed by atoms with van der Waals surface area (Å²) >= 11 is 0. The Hall–Kier alpha value is -2.49. The highest BCUT2D eigenvalue weighted by Crippen LogP contribution is 2.22. The van der Waals surface area contributed by atoms with E-state index in [0.717, 1.165) is 23.4 Å². The van der Waals surface area contributed by atoms with Gasteiger partial charge in [0.2, 0.25) is 5.91 Å². The summed E-state index contributed by atoms with van der Waals surface area (Å²) in [4.78, 5) is 12.5. The second kappa shape index (κ2) is 8.83. The fraction of sp³-hybridized carbons (Fsp3) is 0.316. The summed E-state index contributed by atoms with van der Waals surface area (Å²) < 4.78 is 5.44. The first-order chi connectivity index (χ1) is 11.2. The lowest BCUT2D eigenvalue weighted by Crippen LogP contribution is -2.33. The Kier molecular flexibility index (Phi) is 6.48. The molecular formula is C19H24N2O2. The van der Waals surface area contributed by atoms with Crippen LogP contribution in [-0.2, 0) is 4.79 Å². The van der Waals surface area contributed by atoms with Crippen LogP contribution in [0.1, 0.15) is 31.9 Å². The van der Waals surface area contributed by atoms with Gasteiger partial charge in [0.15, 0.2) is 0 Å². The van der Waals surface area contributed by atoms with E-state index in [1.54, 1.807) is 0 Å². The minimum Gasteiger partial charge on any atom is -0.494 e. The molecule has 0 radical (unpaired) electrons. The normalized spacial score (nSPS) is 11.6. The van der Waals surface area contributed by atoms with E-state index in [0.29, 0.717) is 13.2 Å². The number of amides is 1. The van der Waals surface area contributed by atoms with E-state index < -0.39 is 6.04 Å². The Labute approximate surface area is 137 Å². The maximum atomic E-state index is 12.5. The highest BCUT2D eigenvalue weighted by atomic mass is 16.5. The molecule has 2 N–H and O–H groups in total. The minimum absolute atomic E-state index is 0.0214. The van der Waals surface area contributed by atoms with Gasteiger partial charge in [-0.15, -0.1) is 0 Å². The first-order valence-corrected chi connectivity index (χ1v) is 8.06. The van der Waals surface area contributed by atoms with Gasteiger partial charge in [0.05, 0.1) is 6.61 Å². The Morgan fingerprint density at radius 1 is 1.04 bits per heavy atom. The second-order valence-electron chi connectivity index (χ2n) is 5.24. The first kappa shape index (κ1) is 16.9. The summed E-state index contributed by atoms with van der Waals surface area (Å²) in [6.45, 7) is 5.30. The topological polar surface area (TPSA) is 50.4 Å². The number of hydrogen-bond donors (Lipinski definition) is 2. The van der Waals surface area contributed by atoms with Gasteiger partial charge < -0.3 is 15.4 Å². The molecule has 0 aliphatic carbocycles. The van der Waals surface area contributed by atoms with Crippen LogP contribution in [0.2, 0.25) is 0 Å². The van der Waals surface area contributed by atoms with Gasteiger partial charge in [-0.3, -0.25) is 4.79 Å². The number of anilines is 1. The summed E-state index contributed by atoms with van der Waals surface area (Å²) in [5.74, 6) is 0.802. The maximum Gasteiger partial charge on any atom is 0.247 e. The fourth-order valence-electron chi connectivity index (χ4n) is 2.28. The molecule has 0 saturated carbocycles. The quantitative estimate of drug-likeness (QED) is 0.780. The van der Waals surface area contributed by atoms with Crippen molar-refractivity contribution < 1.29 is 9.53 Å². The number of benzene rings is 2. The van der Waals surface area contributed by atoms with Crippen molar-refractivity contribution in [1.29, 1.82) is 0 Å². The van der Waals surface area contributed by atoms with Crippen molar-refractivity contribution in [3.05, 3.63) is 60.2 Å². The van der Waals surface area contributed by atoms with Crippen molar-refractivity contribution >= 4 is 11.6 Å². The highest BCUT2D eigenvalue weighted by Gasteiger charge is 2.19. The molecule has 2 rings (SSSR count).